The Morgan fingerprint density at radius 2 is 1.91 bits per heavy atom. The van der Waals surface area contributed by atoms with Gasteiger partial charge in [-0.1, -0.05) is 27.7 Å². The largest absolute Gasteiger partial charge is 0.303 e. The summed E-state index contributed by atoms with van der Waals surface area (Å²) in [5.74, 6) is 0.562. The van der Waals surface area contributed by atoms with Gasteiger partial charge in [-0.05, 0) is 24.2 Å². The van der Waals surface area contributed by atoms with Crippen LogP contribution in [0.5, 0.6) is 0 Å². The van der Waals surface area contributed by atoms with Crippen LogP contribution in [0.3, 0.4) is 0 Å². The van der Waals surface area contributed by atoms with Crippen LogP contribution in [-0.2, 0) is 4.79 Å². The van der Waals surface area contributed by atoms with E-state index >= 15 is 0 Å². The first kappa shape index (κ1) is 10.7. The Hall–Kier alpha value is -0.330. The quantitative estimate of drug-likeness (QED) is 0.572. The molecule has 0 N–H and O–H groups in total. The fraction of sp³-hybridized carbons (Fsp3) is 0.900. The predicted molar refractivity (Wildman–Crippen MR) is 48.5 cm³/mol. The first-order valence-corrected chi connectivity index (χ1v) is 4.39. The van der Waals surface area contributed by atoms with E-state index in [-0.39, 0.29) is 0 Å². The second kappa shape index (κ2) is 4.53. The summed E-state index contributed by atoms with van der Waals surface area (Å²) >= 11 is 0. The molecule has 0 bridgehead atoms. The third-order valence-electron chi connectivity index (χ3n) is 1.89. The minimum absolute atomic E-state index is 0.414. The lowest BCUT2D eigenvalue weighted by atomic mass is 9.86. The van der Waals surface area contributed by atoms with Crippen molar-refractivity contribution < 1.29 is 4.79 Å². The van der Waals surface area contributed by atoms with Gasteiger partial charge in [0.25, 0.3) is 0 Å². The lowest BCUT2D eigenvalue weighted by Crippen LogP contribution is -2.07. The van der Waals surface area contributed by atoms with E-state index in [4.69, 9.17) is 0 Å². The molecule has 0 saturated heterocycles. The van der Waals surface area contributed by atoms with Gasteiger partial charge in [0, 0.05) is 6.42 Å². The minimum Gasteiger partial charge on any atom is -0.303 e. The normalized spacial score (nSPS) is 14.5. The van der Waals surface area contributed by atoms with Gasteiger partial charge >= 0.3 is 0 Å². The third-order valence-corrected chi connectivity index (χ3v) is 1.89. The average molecular weight is 156 g/mol. The van der Waals surface area contributed by atoms with Crippen LogP contribution in [0.25, 0.3) is 0 Å². The van der Waals surface area contributed by atoms with E-state index in [0.29, 0.717) is 11.3 Å². The second-order valence-electron chi connectivity index (χ2n) is 4.61. The molecule has 11 heavy (non-hydrogen) atoms. The van der Waals surface area contributed by atoms with Crippen LogP contribution in [0, 0.1) is 11.3 Å². The summed E-state index contributed by atoms with van der Waals surface area (Å²) in [6.07, 6.45) is 4.12. The SMILES string of the molecule is CC(CC=O)CCC(C)(C)C. The van der Waals surface area contributed by atoms with E-state index in [1.54, 1.807) is 0 Å². The monoisotopic (exact) mass is 156 g/mol. The molecule has 1 heteroatoms. The zero-order chi connectivity index (χ0) is 8.91. The summed E-state index contributed by atoms with van der Waals surface area (Å²) in [5, 5.41) is 0. The molecule has 0 radical (unpaired) electrons. The number of rotatable bonds is 4. The maximum atomic E-state index is 10.1. The summed E-state index contributed by atoms with van der Waals surface area (Å²) in [5.41, 5.74) is 0.414. The fourth-order valence-corrected chi connectivity index (χ4v) is 0.962. The second-order valence-corrected chi connectivity index (χ2v) is 4.61. The Labute approximate surface area is 70.2 Å². The van der Waals surface area contributed by atoms with E-state index in [1.807, 2.05) is 0 Å². The smallest absolute Gasteiger partial charge is 0.120 e. The molecule has 1 unspecified atom stereocenters. The van der Waals surface area contributed by atoms with Crippen molar-refractivity contribution in [2.75, 3.05) is 0 Å². The molecule has 1 nitrogen and oxygen atoms in total. The summed E-state index contributed by atoms with van der Waals surface area (Å²) in [6, 6.07) is 0. The van der Waals surface area contributed by atoms with Crippen LogP contribution >= 0.6 is 0 Å². The lowest BCUT2D eigenvalue weighted by molar-refractivity contribution is -0.108. The highest BCUT2D eigenvalue weighted by Gasteiger charge is 2.11. The van der Waals surface area contributed by atoms with Gasteiger partial charge in [0.05, 0.1) is 0 Å². The molecule has 0 aliphatic carbocycles. The van der Waals surface area contributed by atoms with Crippen molar-refractivity contribution in [1.29, 1.82) is 0 Å². The molecule has 0 heterocycles. The topological polar surface area (TPSA) is 17.1 Å². The highest BCUT2D eigenvalue weighted by Crippen LogP contribution is 2.24. The summed E-state index contributed by atoms with van der Waals surface area (Å²) < 4.78 is 0. The van der Waals surface area contributed by atoms with Crippen LogP contribution in [0.2, 0.25) is 0 Å². The molecule has 1 atom stereocenters. The van der Waals surface area contributed by atoms with Crippen LogP contribution in [0.1, 0.15) is 47.0 Å². The Kier molecular flexibility index (Phi) is 4.39. The zero-order valence-corrected chi connectivity index (χ0v) is 8.18. The molecule has 0 aliphatic heterocycles. The van der Waals surface area contributed by atoms with Gasteiger partial charge in [-0.3, -0.25) is 0 Å². The molecule has 0 aromatic heterocycles. The van der Waals surface area contributed by atoms with Crippen LogP contribution in [0.4, 0.5) is 0 Å². The Morgan fingerprint density at radius 1 is 1.36 bits per heavy atom. The Morgan fingerprint density at radius 3 is 2.27 bits per heavy atom. The maximum Gasteiger partial charge on any atom is 0.120 e. The van der Waals surface area contributed by atoms with E-state index in [0.717, 1.165) is 12.7 Å². The summed E-state index contributed by atoms with van der Waals surface area (Å²) in [4.78, 5) is 10.1. The number of hydrogen-bond acceptors (Lipinski definition) is 1. The number of aldehydes is 1. The number of hydrogen-bond donors (Lipinski definition) is 0. The van der Waals surface area contributed by atoms with Crippen LogP contribution in [0.15, 0.2) is 0 Å². The zero-order valence-electron chi connectivity index (χ0n) is 8.18. The van der Waals surface area contributed by atoms with E-state index < -0.39 is 0 Å². The van der Waals surface area contributed by atoms with Crippen LogP contribution < -0.4 is 0 Å². The molecule has 0 aromatic rings. The van der Waals surface area contributed by atoms with Gasteiger partial charge in [-0.2, -0.15) is 0 Å². The molecule has 0 fully saturated rings. The molecule has 0 aromatic carbocycles. The minimum atomic E-state index is 0.414. The van der Waals surface area contributed by atoms with Crippen molar-refractivity contribution in [2.45, 2.75) is 47.0 Å². The first-order chi connectivity index (χ1) is 4.95. The summed E-state index contributed by atoms with van der Waals surface area (Å²) in [6.45, 7) is 8.85. The molecule has 0 spiro atoms. The Balaban J connectivity index is 3.45. The van der Waals surface area contributed by atoms with E-state index in [2.05, 4.69) is 27.7 Å². The van der Waals surface area contributed by atoms with Gasteiger partial charge < -0.3 is 4.79 Å². The van der Waals surface area contributed by atoms with Gasteiger partial charge in [-0.15, -0.1) is 0 Å². The van der Waals surface area contributed by atoms with Gasteiger partial charge in [0.1, 0.15) is 6.29 Å². The Bertz CT molecular complexity index is 111. The van der Waals surface area contributed by atoms with E-state index in [9.17, 15) is 4.79 Å². The first-order valence-electron chi connectivity index (χ1n) is 4.39. The third kappa shape index (κ3) is 7.57. The highest BCUT2D eigenvalue weighted by molar-refractivity contribution is 5.49. The highest BCUT2D eigenvalue weighted by atomic mass is 16.1. The number of carbonyl (C=O) groups is 1. The molecule has 66 valence electrons. The fourth-order valence-electron chi connectivity index (χ4n) is 0.962. The van der Waals surface area contributed by atoms with Crippen molar-refractivity contribution in [3.8, 4) is 0 Å². The standard InChI is InChI=1S/C10H20O/c1-9(6-8-11)5-7-10(2,3)4/h8-9H,5-7H2,1-4H3. The van der Waals surface area contributed by atoms with Crippen molar-refractivity contribution >= 4 is 6.29 Å². The predicted octanol–water partition coefficient (Wildman–Crippen LogP) is 3.04. The van der Waals surface area contributed by atoms with Crippen molar-refractivity contribution in [1.82, 2.24) is 0 Å². The van der Waals surface area contributed by atoms with Crippen LogP contribution in [-0.4, -0.2) is 6.29 Å². The molecule has 0 rings (SSSR count). The summed E-state index contributed by atoms with van der Waals surface area (Å²) in [7, 11) is 0. The van der Waals surface area contributed by atoms with Gasteiger partial charge in [0.15, 0.2) is 0 Å². The lowest BCUT2D eigenvalue weighted by Gasteiger charge is -2.19. The molecular weight excluding hydrogens is 136 g/mol. The average Bonchev–Trinajstić information content (AvgIpc) is 1.83. The maximum absolute atomic E-state index is 10.1. The molecular formula is C10H20O. The van der Waals surface area contributed by atoms with Crippen molar-refractivity contribution in [3.63, 3.8) is 0 Å². The van der Waals surface area contributed by atoms with Crippen molar-refractivity contribution in [2.24, 2.45) is 11.3 Å². The van der Waals surface area contributed by atoms with Gasteiger partial charge in [0.2, 0.25) is 0 Å². The van der Waals surface area contributed by atoms with E-state index in [1.165, 1.54) is 12.8 Å². The molecule has 0 aliphatic rings. The van der Waals surface area contributed by atoms with Gasteiger partial charge in [-0.25, -0.2) is 0 Å². The van der Waals surface area contributed by atoms with Crippen molar-refractivity contribution in [3.05, 3.63) is 0 Å². The number of carbonyl (C=O) groups excluding carboxylic acids is 1. The molecule has 0 amide bonds. The molecule has 0 saturated carbocycles.